The average molecular weight is 849 g/mol. The van der Waals surface area contributed by atoms with Crippen molar-refractivity contribution in [2.24, 2.45) is 33.5 Å². The molecule has 1 spiro atoms. The smallest absolute Gasteiger partial charge is 0.397 e. The van der Waals surface area contributed by atoms with Crippen LogP contribution >= 0.6 is 0 Å². The van der Waals surface area contributed by atoms with Gasteiger partial charge in [0.1, 0.15) is 53.2 Å². The van der Waals surface area contributed by atoms with Crippen molar-refractivity contribution in [3.8, 4) is 0 Å². The van der Waals surface area contributed by atoms with Crippen LogP contribution in [0.25, 0.3) is 0 Å². The lowest BCUT2D eigenvalue weighted by molar-refractivity contribution is -0.354. The predicted octanol–water partition coefficient (Wildman–Crippen LogP) is 1.03. The van der Waals surface area contributed by atoms with Crippen LogP contribution in [0.3, 0.4) is 0 Å². The Bertz CT molecular complexity index is 1730. The molecule has 7 aliphatic rings. The van der Waals surface area contributed by atoms with Crippen LogP contribution in [0.2, 0.25) is 0 Å². The lowest BCUT2D eigenvalue weighted by Gasteiger charge is -2.64. The van der Waals surface area contributed by atoms with Crippen LogP contribution in [-0.4, -0.2) is 146 Å². The van der Waals surface area contributed by atoms with Gasteiger partial charge in [0.05, 0.1) is 31.0 Å². The molecule has 3 saturated carbocycles. The predicted molar refractivity (Wildman–Crippen MR) is 200 cm³/mol. The largest absolute Gasteiger partial charge is 0.456 e. The molecular formula is C40H64O17S. The van der Waals surface area contributed by atoms with Crippen LogP contribution in [0.1, 0.15) is 106 Å². The summed E-state index contributed by atoms with van der Waals surface area (Å²) in [6.07, 6.45) is -8.23. The normalized spacial score (nSPS) is 50.3. The molecule has 6 fully saturated rings. The van der Waals surface area contributed by atoms with E-state index >= 15 is 0 Å². The number of esters is 1. The van der Waals surface area contributed by atoms with Gasteiger partial charge in [-0.25, -0.2) is 4.18 Å². The first-order valence-electron chi connectivity index (χ1n) is 20.7. The fourth-order valence-electron chi connectivity index (χ4n) is 13.0. The zero-order valence-electron chi connectivity index (χ0n) is 34.4. The number of ether oxygens (including phenoxy) is 5. The fourth-order valence-corrected chi connectivity index (χ4v) is 13.4. The molecule has 3 aliphatic heterocycles. The molecule has 0 bridgehead atoms. The summed E-state index contributed by atoms with van der Waals surface area (Å²) in [4.78, 5) is 14.3. The molecule has 0 radical (unpaired) electrons. The lowest BCUT2D eigenvalue weighted by atomic mass is 9.40. The molecule has 17 nitrogen and oxygen atoms in total. The number of cyclic esters (lactones) is 1. The minimum atomic E-state index is -5.03. The third-order valence-corrected chi connectivity index (χ3v) is 16.5. The number of carbonyl (C=O) groups excluding carboxylic acids is 1. The second-order valence-corrected chi connectivity index (χ2v) is 21.2. The quantitative estimate of drug-likeness (QED) is 0.0660. The van der Waals surface area contributed by atoms with Crippen molar-refractivity contribution < 1.29 is 81.4 Å². The Morgan fingerprint density at radius 2 is 1.55 bits per heavy atom. The summed E-state index contributed by atoms with van der Waals surface area (Å²) in [7, 11) is -5.03. The molecule has 4 aliphatic carbocycles. The van der Waals surface area contributed by atoms with E-state index in [1.54, 1.807) is 20.8 Å². The molecule has 0 amide bonds. The van der Waals surface area contributed by atoms with Crippen molar-refractivity contribution in [3.05, 3.63) is 11.6 Å². The maximum absolute atomic E-state index is 14.3. The second kappa shape index (κ2) is 14.6. The van der Waals surface area contributed by atoms with Crippen LogP contribution in [0, 0.1) is 33.5 Å². The summed E-state index contributed by atoms with van der Waals surface area (Å²) in [6, 6.07) is 0. The number of carbonyl (C=O) groups is 1. The molecule has 8 N–H and O–H groups in total. The summed E-state index contributed by atoms with van der Waals surface area (Å²) in [6.45, 7) is 12.6. The number of aliphatic hydroxyl groups is 7. The highest BCUT2D eigenvalue weighted by molar-refractivity contribution is 7.80. The summed E-state index contributed by atoms with van der Waals surface area (Å²) in [5, 5.41) is 77.6. The summed E-state index contributed by atoms with van der Waals surface area (Å²) in [5.74, 6) is -0.755. The van der Waals surface area contributed by atoms with E-state index in [0.717, 1.165) is 5.57 Å². The fraction of sp³-hybridized carbons (Fsp3) is 0.925. The first-order valence-corrected chi connectivity index (χ1v) is 22.0. The Balaban J connectivity index is 1.14. The van der Waals surface area contributed by atoms with Crippen molar-refractivity contribution in [1.82, 2.24) is 0 Å². The number of rotatable bonds is 10. The minimum Gasteiger partial charge on any atom is -0.456 e. The Hall–Kier alpha value is -1.36. The molecule has 18 heteroatoms. The molecular weight excluding hydrogens is 784 g/mol. The zero-order chi connectivity index (χ0) is 42.8. The first kappa shape index (κ1) is 44.7. The molecule has 3 heterocycles. The van der Waals surface area contributed by atoms with Crippen LogP contribution in [0.4, 0.5) is 0 Å². The number of hydrogen-bond donors (Lipinski definition) is 8. The van der Waals surface area contributed by atoms with Gasteiger partial charge in [0, 0.05) is 0 Å². The van der Waals surface area contributed by atoms with E-state index in [1.807, 2.05) is 13.0 Å². The number of allylic oxidation sites excluding steroid dienone is 1. The van der Waals surface area contributed by atoms with Crippen molar-refractivity contribution >= 4 is 16.4 Å². The van der Waals surface area contributed by atoms with Gasteiger partial charge in [-0.15, -0.1) is 0 Å². The maximum atomic E-state index is 14.3. The zero-order valence-corrected chi connectivity index (χ0v) is 35.3. The van der Waals surface area contributed by atoms with Crippen molar-refractivity contribution in [2.75, 3.05) is 13.2 Å². The average Bonchev–Trinajstić information content (AvgIpc) is 3.47. The molecule has 0 aromatic rings. The van der Waals surface area contributed by atoms with Gasteiger partial charge in [-0.2, -0.15) is 8.42 Å². The van der Waals surface area contributed by atoms with Gasteiger partial charge in [0.2, 0.25) is 0 Å². The van der Waals surface area contributed by atoms with Crippen molar-refractivity contribution in [2.45, 2.75) is 184 Å². The second-order valence-electron chi connectivity index (χ2n) is 20.1. The van der Waals surface area contributed by atoms with Crippen LogP contribution in [0.5, 0.6) is 0 Å². The highest BCUT2D eigenvalue weighted by Crippen LogP contribution is 2.77. The van der Waals surface area contributed by atoms with Gasteiger partial charge in [0.25, 0.3) is 0 Å². The maximum Gasteiger partial charge on any atom is 0.397 e. The Kier molecular flexibility index (Phi) is 11.3. The minimum absolute atomic E-state index is 0.0300. The molecule has 0 aromatic heterocycles. The number of aliphatic hydroxyl groups excluding tert-OH is 5. The summed E-state index contributed by atoms with van der Waals surface area (Å²) < 4.78 is 67.2. The van der Waals surface area contributed by atoms with E-state index in [9.17, 15) is 53.5 Å². The van der Waals surface area contributed by atoms with E-state index in [2.05, 4.69) is 25.0 Å². The molecule has 7 rings (SSSR count). The van der Waals surface area contributed by atoms with Gasteiger partial charge in [-0.3, -0.25) is 9.35 Å². The topological polar surface area (TPSA) is 268 Å². The monoisotopic (exact) mass is 848 g/mol. The summed E-state index contributed by atoms with van der Waals surface area (Å²) >= 11 is 0. The van der Waals surface area contributed by atoms with Crippen LogP contribution < -0.4 is 0 Å². The van der Waals surface area contributed by atoms with Crippen LogP contribution in [0.15, 0.2) is 11.6 Å². The standard InChI is InChI=1S/C40H64O17S/c1-34(2,47)12-8-13-38(7)39(48)16-15-37(6)20-9-10-24-35(3,4)26(11-14-36(24,5)21(20)17-25(42)40(37,39)33(46)56-38)54-32-30(28(44)23(19-53-32)57-58(49,50)51)55-31-29(45)27(43)22(41)18-52-31/h17,20,22-32,41-45,47-48H,8-16,18-19H2,1-7H3,(H,49,50,51)/t20?,22?,23?,24?,25?,26-,27?,28?,29?,30?,31?,32?,36+,37-,38-,39-,40?/m0/s1. The third-order valence-electron chi connectivity index (χ3n) is 16.0. The Labute approximate surface area is 339 Å². The van der Waals surface area contributed by atoms with Crippen molar-refractivity contribution in [1.29, 1.82) is 0 Å². The highest BCUT2D eigenvalue weighted by Gasteiger charge is 2.85. The van der Waals surface area contributed by atoms with E-state index in [0.29, 0.717) is 51.4 Å². The summed E-state index contributed by atoms with van der Waals surface area (Å²) in [5.41, 5.74) is -6.24. The number of hydrogen-bond acceptors (Lipinski definition) is 16. The molecule has 17 atom stereocenters. The molecule has 332 valence electrons. The highest BCUT2D eigenvalue weighted by atomic mass is 32.3. The Morgan fingerprint density at radius 1 is 0.879 bits per heavy atom. The molecule has 0 aromatic carbocycles. The van der Waals surface area contributed by atoms with Gasteiger partial charge >= 0.3 is 16.4 Å². The lowest BCUT2D eigenvalue weighted by Crippen LogP contribution is -2.68. The molecule has 12 unspecified atom stereocenters. The first-order chi connectivity index (χ1) is 26.7. The Morgan fingerprint density at radius 3 is 2.21 bits per heavy atom. The third kappa shape index (κ3) is 6.66. The van der Waals surface area contributed by atoms with Gasteiger partial charge in [-0.05, 0) is 107 Å². The van der Waals surface area contributed by atoms with E-state index in [1.165, 1.54) is 0 Å². The van der Waals surface area contributed by atoms with E-state index in [-0.39, 0.29) is 18.3 Å². The molecule has 58 heavy (non-hydrogen) atoms. The van der Waals surface area contributed by atoms with Gasteiger partial charge < -0.3 is 59.4 Å². The SMILES string of the molecule is CC(C)(O)CCC[C@]1(C)OC(=O)C23C(O)C=C4C(CCC5C(C)(C)[C@@H](OC6OCC(OS(=O)(=O)O)C(O)C6OC6OCC(O)C(O)C6O)CC[C@]45C)[C@]2(C)CC[C@@]31O. The van der Waals surface area contributed by atoms with E-state index < -0.39 is 129 Å². The van der Waals surface area contributed by atoms with Gasteiger partial charge in [-0.1, -0.05) is 39.3 Å². The number of fused-ring (bicyclic) bond motifs is 4. The van der Waals surface area contributed by atoms with E-state index in [4.69, 9.17) is 23.7 Å². The van der Waals surface area contributed by atoms with Crippen LogP contribution in [-0.2, 0) is 43.1 Å². The van der Waals surface area contributed by atoms with Gasteiger partial charge in [0.15, 0.2) is 12.6 Å². The molecule has 3 saturated heterocycles. The van der Waals surface area contributed by atoms with Crippen molar-refractivity contribution in [3.63, 3.8) is 0 Å².